The van der Waals surface area contributed by atoms with Crippen molar-refractivity contribution in [2.75, 3.05) is 7.05 Å². The minimum atomic E-state index is -1.47. The molecule has 1 unspecified atom stereocenters. The lowest BCUT2D eigenvalue weighted by Gasteiger charge is -2.25. The summed E-state index contributed by atoms with van der Waals surface area (Å²) >= 11 is 0. The number of carbonyl (C=O) groups excluding carboxylic acids is 2. The minimum Gasteiger partial charge on any atom is -0.388 e. The summed E-state index contributed by atoms with van der Waals surface area (Å²) < 4.78 is 14.0. The molecule has 0 aromatic heterocycles. The largest absolute Gasteiger partial charge is 0.388 e. The quantitative estimate of drug-likeness (QED) is 0.462. The van der Waals surface area contributed by atoms with Crippen LogP contribution in [-0.4, -0.2) is 40.2 Å². The molecule has 25 heavy (non-hydrogen) atoms. The van der Waals surface area contributed by atoms with Crippen LogP contribution in [0.15, 0.2) is 12.1 Å². The molecule has 1 saturated carbocycles. The van der Waals surface area contributed by atoms with Gasteiger partial charge in [0.1, 0.15) is 11.4 Å². The molecule has 8 heteroatoms. The fraction of sp³-hybridized carbons (Fsp3) is 0.529. The van der Waals surface area contributed by atoms with Crippen LogP contribution in [0.3, 0.4) is 0 Å². The zero-order chi connectivity index (χ0) is 18.6. The second kappa shape index (κ2) is 8.15. The highest BCUT2D eigenvalue weighted by atomic mass is 19.1. The average molecular weight is 352 g/mol. The van der Waals surface area contributed by atoms with Crippen molar-refractivity contribution >= 4 is 17.9 Å². The Morgan fingerprint density at radius 3 is 2.68 bits per heavy atom. The molecule has 7 nitrogen and oxygen atoms in total. The van der Waals surface area contributed by atoms with Crippen LogP contribution in [0.25, 0.3) is 0 Å². The number of rotatable bonds is 7. The lowest BCUT2D eigenvalue weighted by Crippen LogP contribution is -2.35. The third-order valence-corrected chi connectivity index (χ3v) is 4.76. The van der Waals surface area contributed by atoms with Crippen molar-refractivity contribution in [1.82, 2.24) is 4.90 Å². The van der Waals surface area contributed by atoms with E-state index in [1.54, 1.807) is 11.9 Å². The fourth-order valence-corrected chi connectivity index (χ4v) is 3.30. The Morgan fingerprint density at radius 2 is 2.12 bits per heavy atom. The van der Waals surface area contributed by atoms with Crippen molar-refractivity contribution in [3.8, 4) is 0 Å². The number of aldehydes is 1. The van der Waals surface area contributed by atoms with Crippen LogP contribution < -0.4 is 0 Å². The number of hydrogen-bond donors (Lipinski definition) is 1. The molecule has 136 valence electrons. The molecule has 1 atom stereocenters. The molecule has 0 radical (unpaired) electrons. The van der Waals surface area contributed by atoms with Gasteiger partial charge < -0.3 is 10.0 Å². The summed E-state index contributed by atoms with van der Waals surface area (Å²) in [5.41, 5.74) is -1.49. The Morgan fingerprint density at radius 1 is 1.48 bits per heavy atom. The van der Waals surface area contributed by atoms with E-state index in [1.807, 2.05) is 0 Å². The number of aliphatic hydroxyl groups is 1. The first-order valence-electron chi connectivity index (χ1n) is 8.22. The zero-order valence-corrected chi connectivity index (χ0v) is 14.0. The number of nitrogens with zero attached hydrogens (tertiary/aromatic N) is 2. The topological polar surface area (TPSA) is 101 Å². The fourth-order valence-electron chi connectivity index (χ4n) is 3.30. The Bertz CT molecular complexity index is 673. The van der Waals surface area contributed by atoms with Gasteiger partial charge in [-0.1, -0.05) is 12.8 Å². The van der Waals surface area contributed by atoms with Crippen LogP contribution in [-0.2, 0) is 4.79 Å². The smallest absolute Gasteiger partial charge is 0.280 e. The second-order valence-electron chi connectivity index (χ2n) is 6.27. The van der Waals surface area contributed by atoms with E-state index in [-0.39, 0.29) is 31.1 Å². The number of amides is 1. The molecule has 0 saturated heterocycles. The van der Waals surface area contributed by atoms with E-state index in [1.165, 1.54) is 0 Å². The molecule has 0 heterocycles. The van der Waals surface area contributed by atoms with Crippen LogP contribution in [0, 0.1) is 15.9 Å². The summed E-state index contributed by atoms with van der Waals surface area (Å²) in [6, 6.07) is 1.91. The van der Waals surface area contributed by atoms with Crippen LogP contribution in [0.2, 0.25) is 0 Å². The molecule has 1 aliphatic rings. The molecule has 2 rings (SSSR count). The van der Waals surface area contributed by atoms with Crippen molar-refractivity contribution in [2.45, 2.75) is 50.7 Å². The summed E-state index contributed by atoms with van der Waals surface area (Å²) in [4.78, 5) is 35.2. The molecule has 1 N–H and O–H groups in total. The summed E-state index contributed by atoms with van der Waals surface area (Å²) in [5, 5.41) is 21.2. The highest BCUT2D eigenvalue weighted by Gasteiger charge is 2.27. The van der Waals surface area contributed by atoms with Gasteiger partial charge in [0.25, 0.3) is 5.69 Å². The van der Waals surface area contributed by atoms with E-state index in [9.17, 15) is 29.2 Å². The van der Waals surface area contributed by atoms with Crippen molar-refractivity contribution < 1.29 is 24.0 Å². The van der Waals surface area contributed by atoms with Gasteiger partial charge in [0.05, 0.1) is 11.0 Å². The maximum Gasteiger partial charge on any atom is 0.280 e. The maximum atomic E-state index is 14.0. The first-order chi connectivity index (χ1) is 11.9. The monoisotopic (exact) mass is 352 g/mol. The van der Waals surface area contributed by atoms with Crippen molar-refractivity contribution in [1.29, 1.82) is 0 Å². The van der Waals surface area contributed by atoms with E-state index in [4.69, 9.17) is 0 Å². The number of hydrogen-bond acceptors (Lipinski definition) is 5. The second-order valence-corrected chi connectivity index (χ2v) is 6.27. The first kappa shape index (κ1) is 19.0. The summed E-state index contributed by atoms with van der Waals surface area (Å²) in [5.74, 6) is -1.08. The highest BCUT2D eigenvalue weighted by molar-refractivity contribution is 5.84. The highest BCUT2D eigenvalue weighted by Crippen LogP contribution is 2.31. The summed E-state index contributed by atoms with van der Waals surface area (Å²) in [6.07, 6.45) is 2.58. The van der Waals surface area contributed by atoms with Crippen molar-refractivity contribution in [3.05, 3.63) is 39.2 Å². The lowest BCUT2D eigenvalue weighted by molar-refractivity contribution is -0.385. The number of benzene rings is 1. The molecule has 1 amide bonds. The van der Waals surface area contributed by atoms with E-state index in [2.05, 4.69) is 0 Å². The van der Waals surface area contributed by atoms with Gasteiger partial charge in [-0.05, 0) is 25.3 Å². The lowest BCUT2D eigenvalue weighted by atomic mass is 9.97. The molecule has 1 aliphatic carbocycles. The predicted octanol–water partition coefficient (Wildman–Crippen LogP) is 2.76. The number of aliphatic hydroxyl groups excluding tert-OH is 1. The normalized spacial score (nSPS) is 15.8. The van der Waals surface area contributed by atoms with Gasteiger partial charge in [0.15, 0.2) is 6.29 Å². The minimum absolute atomic E-state index is 0.0331. The Balaban J connectivity index is 2.11. The van der Waals surface area contributed by atoms with Crippen molar-refractivity contribution in [3.63, 3.8) is 0 Å². The molecule has 1 aromatic rings. The summed E-state index contributed by atoms with van der Waals surface area (Å²) in [7, 11) is 1.70. The van der Waals surface area contributed by atoms with E-state index >= 15 is 0 Å². The number of halogens is 1. The molecule has 0 bridgehead atoms. The van der Waals surface area contributed by atoms with Gasteiger partial charge in [-0.2, -0.15) is 0 Å². The van der Waals surface area contributed by atoms with Gasteiger partial charge in [0, 0.05) is 31.1 Å². The Labute approximate surface area is 144 Å². The van der Waals surface area contributed by atoms with Gasteiger partial charge >= 0.3 is 0 Å². The zero-order valence-electron chi connectivity index (χ0n) is 14.0. The molecule has 1 aromatic carbocycles. The molecule has 0 aliphatic heterocycles. The van der Waals surface area contributed by atoms with E-state index < -0.39 is 33.7 Å². The van der Waals surface area contributed by atoms with Gasteiger partial charge in [-0.3, -0.25) is 19.7 Å². The first-order valence-corrected chi connectivity index (χ1v) is 8.22. The maximum absolute atomic E-state index is 14.0. The van der Waals surface area contributed by atoms with Crippen molar-refractivity contribution in [2.24, 2.45) is 0 Å². The van der Waals surface area contributed by atoms with E-state index in [0.717, 1.165) is 37.8 Å². The van der Waals surface area contributed by atoms with Gasteiger partial charge in [0.2, 0.25) is 5.91 Å². The van der Waals surface area contributed by atoms with Gasteiger partial charge in [-0.15, -0.1) is 0 Å². The summed E-state index contributed by atoms with van der Waals surface area (Å²) in [6.45, 7) is 0. The van der Waals surface area contributed by atoms with E-state index in [0.29, 0.717) is 0 Å². The number of carbonyl (C=O) groups is 2. The SMILES string of the molecule is CN(C(=O)CCC(O)c1c(F)ccc([N+](=O)[O-])c1C=O)C1CCCC1. The average Bonchev–Trinajstić information content (AvgIpc) is 3.12. The third-order valence-electron chi connectivity index (χ3n) is 4.76. The Hall–Kier alpha value is -2.35. The van der Waals surface area contributed by atoms with Crippen LogP contribution >= 0.6 is 0 Å². The number of nitro benzene ring substituents is 1. The number of nitro groups is 1. The van der Waals surface area contributed by atoms with Crippen LogP contribution in [0.1, 0.15) is 60.6 Å². The third kappa shape index (κ3) is 4.19. The Kier molecular flexibility index (Phi) is 6.19. The molecular weight excluding hydrogens is 331 g/mol. The molecule has 1 fully saturated rings. The molecular formula is C17H21FN2O5. The van der Waals surface area contributed by atoms with Crippen LogP contribution in [0.5, 0.6) is 0 Å². The standard InChI is InChI=1S/C17H21FN2O5/c1-19(11-4-2-3-5-11)16(23)9-8-15(22)17-12(10-21)14(20(24)25)7-6-13(17)18/h6-7,10-11,15,22H,2-5,8-9H2,1H3. The predicted molar refractivity (Wildman–Crippen MR) is 87.7 cm³/mol. The van der Waals surface area contributed by atoms with Crippen LogP contribution in [0.4, 0.5) is 10.1 Å². The molecule has 0 spiro atoms. The van der Waals surface area contributed by atoms with Gasteiger partial charge in [-0.25, -0.2) is 4.39 Å².